The first-order valence-electron chi connectivity index (χ1n) is 6.71. The lowest BCUT2D eigenvalue weighted by Gasteiger charge is -2.30. The second-order valence-corrected chi connectivity index (χ2v) is 6.10. The quantitative estimate of drug-likeness (QED) is 0.884. The Labute approximate surface area is 109 Å². The van der Waals surface area contributed by atoms with Crippen molar-refractivity contribution in [1.82, 2.24) is 20.4 Å². The van der Waals surface area contributed by atoms with Gasteiger partial charge in [-0.1, -0.05) is 25.9 Å². The molecule has 0 radical (unpaired) electrons. The molecule has 0 aromatic carbocycles. The number of hydrogen-bond acceptors (Lipinski definition) is 5. The minimum Gasteiger partial charge on any atom is -0.338 e. The van der Waals surface area contributed by atoms with Gasteiger partial charge in [0, 0.05) is 24.5 Å². The van der Waals surface area contributed by atoms with Gasteiger partial charge < -0.3 is 9.84 Å². The van der Waals surface area contributed by atoms with E-state index in [1.807, 2.05) is 7.05 Å². The number of nitrogens with zero attached hydrogens (tertiary/aromatic N) is 3. The molecule has 0 atom stereocenters. The van der Waals surface area contributed by atoms with Gasteiger partial charge in [-0.15, -0.1) is 0 Å². The van der Waals surface area contributed by atoms with Gasteiger partial charge in [0.25, 0.3) is 0 Å². The Balaban J connectivity index is 1.89. The molecule has 0 amide bonds. The Morgan fingerprint density at radius 1 is 1.33 bits per heavy atom. The smallest absolute Gasteiger partial charge is 0.240 e. The highest BCUT2D eigenvalue weighted by Gasteiger charge is 2.23. The highest BCUT2D eigenvalue weighted by molar-refractivity contribution is 5.00. The van der Waals surface area contributed by atoms with Gasteiger partial charge in [0.05, 0.1) is 6.54 Å². The van der Waals surface area contributed by atoms with Gasteiger partial charge in [0.15, 0.2) is 5.82 Å². The van der Waals surface area contributed by atoms with Crippen molar-refractivity contribution >= 4 is 0 Å². The van der Waals surface area contributed by atoms with Crippen molar-refractivity contribution in [2.75, 3.05) is 20.1 Å². The molecule has 5 nitrogen and oxygen atoms in total. The summed E-state index contributed by atoms with van der Waals surface area (Å²) in [5.74, 6) is 1.53. The van der Waals surface area contributed by atoms with Gasteiger partial charge in [0.1, 0.15) is 0 Å². The predicted octanol–water partition coefficient (Wildman–Crippen LogP) is 1.55. The number of piperidine rings is 1. The van der Waals surface area contributed by atoms with Crippen LogP contribution < -0.4 is 5.32 Å². The molecule has 1 aromatic heterocycles. The summed E-state index contributed by atoms with van der Waals surface area (Å²) in [6, 6.07) is 0.661. The molecule has 2 heterocycles. The largest absolute Gasteiger partial charge is 0.338 e. The lowest BCUT2D eigenvalue weighted by atomic mass is 9.96. The molecule has 1 N–H and O–H groups in total. The molecule has 0 saturated carbocycles. The Morgan fingerprint density at radius 2 is 2.00 bits per heavy atom. The van der Waals surface area contributed by atoms with Crippen LogP contribution in [-0.4, -0.2) is 41.2 Å². The first kappa shape index (κ1) is 13.5. The van der Waals surface area contributed by atoms with Crippen LogP contribution in [0.1, 0.15) is 45.3 Å². The summed E-state index contributed by atoms with van der Waals surface area (Å²) in [7, 11) is 2.04. The third-order valence-electron chi connectivity index (χ3n) is 3.49. The molecule has 5 heteroatoms. The summed E-state index contributed by atoms with van der Waals surface area (Å²) in [5, 5.41) is 7.39. The standard InChI is InChI=1S/C13H24N4O/c1-13(2,3)12-15-11(18-16-12)9-17-7-5-10(14-4)6-8-17/h10,14H,5-9H2,1-4H3. The molecular weight excluding hydrogens is 228 g/mol. The monoisotopic (exact) mass is 252 g/mol. The van der Waals surface area contributed by atoms with Crippen LogP contribution >= 0.6 is 0 Å². The van der Waals surface area contributed by atoms with Crippen molar-refractivity contribution in [3.8, 4) is 0 Å². The fourth-order valence-electron chi connectivity index (χ4n) is 2.19. The van der Waals surface area contributed by atoms with Gasteiger partial charge in [-0.2, -0.15) is 4.98 Å². The Bertz CT molecular complexity index is 375. The Hall–Kier alpha value is -0.940. The van der Waals surface area contributed by atoms with Crippen molar-refractivity contribution in [3.05, 3.63) is 11.7 Å². The van der Waals surface area contributed by atoms with Gasteiger partial charge in [-0.3, -0.25) is 4.90 Å². The number of rotatable bonds is 3. The molecule has 0 bridgehead atoms. The SMILES string of the molecule is CNC1CCN(Cc2nc(C(C)(C)C)no2)CC1. The number of likely N-dealkylation sites (tertiary alicyclic amines) is 1. The van der Waals surface area contributed by atoms with Crippen LogP contribution in [0.2, 0.25) is 0 Å². The molecule has 0 spiro atoms. The molecular formula is C13H24N4O. The summed E-state index contributed by atoms with van der Waals surface area (Å²) in [6.07, 6.45) is 2.38. The van der Waals surface area contributed by atoms with Crippen LogP contribution in [0.5, 0.6) is 0 Å². The fraction of sp³-hybridized carbons (Fsp3) is 0.846. The van der Waals surface area contributed by atoms with E-state index in [4.69, 9.17) is 4.52 Å². The third kappa shape index (κ3) is 3.29. The highest BCUT2D eigenvalue weighted by atomic mass is 16.5. The molecule has 1 aromatic rings. The van der Waals surface area contributed by atoms with Gasteiger partial charge in [0.2, 0.25) is 5.89 Å². The number of nitrogens with one attached hydrogen (secondary N) is 1. The summed E-state index contributed by atoms with van der Waals surface area (Å²) in [4.78, 5) is 6.86. The molecule has 0 aliphatic carbocycles. The average molecular weight is 252 g/mol. The van der Waals surface area contributed by atoms with Crippen molar-refractivity contribution in [3.63, 3.8) is 0 Å². The lowest BCUT2D eigenvalue weighted by molar-refractivity contribution is 0.173. The molecule has 1 aliphatic heterocycles. The van der Waals surface area contributed by atoms with E-state index in [9.17, 15) is 0 Å². The van der Waals surface area contributed by atoms with Crippen LogP contribution in [0.25, 0.3) is 0 Å². The summed E-state index contributed by atoms with van der Waals surface area (Å²) in [6.45, 7) is 9.26. The van der Waals surface area contributed by atoms with Crippen LogP contribution in [0.3, 0.4) is 0 Å². The van der Waals surface area contributed by atoms with E-state index in [0.717, 1.165) is 31.3 Å². The number of hydrogen-bond donors (Lipinski definition) is 1. The summed E-state index contributed by atoms with van der Waals surface area (Å²) < 4.78 is 5.33. The summed E-state index contributed by atoms with van der Waals surface area (Å²) in [5.41, 5.74) is -0.0408. The maximum Gasteiger partial charge on any atom is 0.240 e. The van der Waals surface area contributed by atoms with E-state index in [0.29, 0.717) is 6.04 Å². The topological polar surface area (TPSA) is 54.2 Å². The van der Waals surface area contributed by atoms with Crippen molar-refractivity contribution in [1.29, 1.82) is 0 Å². The molecule has 1 aliphatic rings. The van der Waals surface area contributed by atoms with E-state index >= 15 is 0 Å². The lowest BCUT2D eigenvalue weighted by Crippen LogP contribution is -2.40. The highest BCUT2D eigenvalue weighted by Crippen LogP contribution is 2.19. The zero-order valence-corrected chi connectivity index (χ0v) is 11.9. The van der Waals surface area contributed by atoms with Crippen LogP contribution in [0, 0.1) is 0 Å². The maximum atomic E-state index is 5.33. The van der Waals surface area contributed by atoms with Crippen LogP contribution in [0.4, 0.5) is 0 Å². The molecule has 2 rings (SSSR count). The molecule has 1 saturated heterocycles. The van der Waals surface area contributed by atoms with E-state index in [1.165, 1.54) is 12.8 Å². The van der Waals surface area contributed by atoms with Crippen LogP contribution in [-0.2, 0) is 12.0 Å². The van der Waals surface area contributed by atoms with Crippen molar-refractivity contribution in [2.24, 2.45) is 0 Å². The van der Waals surface area contributed by atoms with Gasteiger partial charge in [-0.05, 0) is 19.9 Å². The van der Waals surface area contributed by atoms with E-state index in [1.54, 1.807) is 0 Å². The molecule has 18 heavy (non-hydrogen) atoms. The van der Waals surface area contributed by atoms with E-state index < -0.39 is 0 Å². The predicted molar refractivity (Wildman–Crippen MR) is 70.4 cm³/mol. The second-order valence-electron chi connectivity index (χ2n) is 6.10. The van der Waals surface area contributed by atoms with Crippen LogP contribution in [0.15, 0.2) is 4.52 Å². The second kappa shape index (κ2) is 5.36. The Kier molecular flexibility index (Phi) is 4.02. The zero-order valence-electron chi connectivity index (χ0n) is 11.9. The average Bonchev–Trinajstić information content (AvgIpc) is 2.78. The summed E-state index contributed by atoms with van der Waals surface area (Å²) >= 11 is 0. The number of aromatic nitrogens is 2. The molecule has 1 fully saturated rings. The Morgan fingerprint density at radius 3 is 2.50 bits per heavy atom. The van der Waals surface area contributed by atoms with Crippen molar-refractivity contribution in [2.45, 2.75) is 51.6 Å². The third-order valence-corrected chi connectivity index (χ3v) is 3.49. The van der Waals surface area contributed by atoms with Gasteiger partial charge in [-0.25, -0.2) is 0 Å². The zero-order chi connectivity index (χ0) is 13.2. The van der Waals surface area contributed by atoms with E-state index in [2.05, 4.69) is 41.1 Å². The normalized spacial score (nSPS) is 19.3. The minimum atomic E-state index is -0.0408. The maximum absolute atomic E-state index is 5.33. The van der Waals surface area contributed by atoms with Crippen molar-refractivity contribution < 1.29 is 4.52 Å². The molecule has 0 unspecified atom stereocenters. The first-order valence-corrected chi connectivity index (χ1v) is 6.71. The first-order chi connectivity index (χ1) is 8.49. The molecule has 102 valence electrons. The van der Waals surface area contributed by atoms with E-state index in [-0.39, 0.29) is 5.41 Å². The fourth-order valence-corrected chi connectivity index (χ4v) is 2.19. The minimum absolute atomic E-state index is 0.0408. The van der Waals surface area contributed by atoms with Gasteiger partial charge >= 0.3 is 0 Å².